The predicted molar refractivity (Wildman–Crippen MR) is 127 cm³/mol. The van der Waals surface area contributed by atoms with Gasteiger partial charge in [0.25, 0.3) is 0 Å². The lowest BCUT2D eigenvalue weighted by atomic mass is 10.1. The van der Waals surface area contributed by atoms with Gasteiger partial charge in [-0.15, -0.1) is 0 Å². The monoisotopic (exact) mass is 448 g/mol. The van der Waals surface area contributed by atoms with E-state index in [2.05, 4.69) is 10.2 Å². The summed E-state index contributed by atoms with van der Waals surface area (Å²) in [6, 6.07) is 14.8. The third kappa shape index (κ3) is 5.72. The molecule has 0 saturated carbocycles. The minimum atomic E-state index is -0.371. The summed E-state index contributed by atoms with van der Waals surface area (Å²) in [5, 5.41) is 3.26. The van der Waals surface area contributed by atoms with Gasteiger partial charge in [0.15, 0.2) is 0 Å². The Morgan fingerprint density at radius 3 is 2.58 bits per heavy atom. The molecule has 3 aromatic rings. The number of piperazine rings is 1. The number of hydrogen-bond donors (Lipinski definition) is 2. The third-order valence-corrected chi connectivity index (χ3v) is 5.74. The van der Waals surface area contributed by atoms with Crippen LogP contribution in [0.25, 0.3) is 11.1 Å². The fourth-order valence-electron chi connectivity index (χ4n) is 3.80. The maximum absolute atomic E-state index is 12.5. The maximum atomic E-state index is 12.5. The van der Waals surface area contributed by atoms with Crippen molar-refractivity contribution in [1.29, 1.82) is 0 Å². The Hall–Kier alpha value is -3.78. The molecule has 1 fully saturated rings. The molecule has 1 amide bonds. The summed E-state index contributed by atoms with van der Waals surface area (Å²) in [6.07, 6.45) is 3.29. The van der Waals surface area contributed by atoms with Gasteiger partial charge in [0.05, 0.1) is 29.5 Å². The largest absolute Gasteiger partial charge is 0.472 e. The van der Waals surface area contributed by atoms with E-state index in [0.717, 1.165) is 35.6 Å². The Kier molecular flexibility index (Phi) is 6.95. The Labute approximate surface area is 192 Å². The van der Waals surface area contributed by atoms with Crippen LogP contribution in [-0.4, -0.2) is 61.0 Å². The number of esters is 1. The molecule has 8 heteroatoms. The molecule has 33 heavy (non-hydrogen) atoms. The SMILES string of the molecule is CC(=O)N1CCN(CCOC(=O)c2cccc(Nc3ccc(-c4ccoc4)cc3N)c2)CC1. The zero-order valence-corrected chi connectivity index (χ0v) is 18.6. The smallest absolute Gasteiger partial charge is 0.338 e. The van der Waals surface area contributed by atoms with Crippen molar-refractivity contribution in [3.8, 4) is 11.1 Å². The highest BCUT2D eigenvalue weighted by Crippen LogP contribution is 2.29. The molecule has 0 atom stereocenters. The van der Waals surface area contributed by atoms with E-state index in [9.17, 15) is 9.59 Å². The molecule has 1 saturated heterocycles. The van der Waals surface area contributed by atoms with Crippen LogP contribution in [0.1, 0.15) is 17.3 Å². The van der Waals surface area contributed by atoms with Gasteiger partial charge in [-0.3, -0.25) is 9.69 Å². The Bertz CT molecular complexity index is 1110. The first-order valence-electron chi connectivity index (χ1n) is 10.9. The van der Waals surface area contributed by atoms with Gasteiger partial charge >= 0.3 is 5.97 Å². The molecule has 0 aliphatic carbocycles. The molecule has 172 valence electrons. The number of nitrogen functional groups attached to an aromatic ring is 1. The van der Waals surface area contributed by atoms with Crippen LogP contribution < -0.4 is 11.1 Å². The number of nitrogens with zero attached hydrogens (tertiary/aromatic N) is 2. The highest BCUT2D eigenvalue weighted by atomic mass is 16.5. The summed E-state index contributed by atoms with van der Waals surface area (Å²) in [7, 11) is 0. The van der Waals surface area contributed by atoms with Gasteiger partial charge < -0.3 is 25.1 Å². The summed E-state index contributed by atoms with van der Waals surface area (Å²) < 4.78 is 10.6. The molecule has 1 aromatic heterocycles. The van der Waals surface area contributed by atoms with Crippen molar-refractivity contribution in [2.24, 2.45) is 0 Å². The molecule has 0 unspecified atom stereocenters. The normalized spacial score (nSPS) is 14.2. The summed E-state index contributed by atoms with van der Waals surface area (Å²) >= 11 is 0. The van der Waals surface area contributed by atoms with E-state index >= 15 is 0 Å². The van der Waals surface area contributed by atoms with E-state index in [0.29, 0.717) is 37.5 Å². The molecule has 4 rings (SSSR count). The Morgan fingerprint density at radius 2 is 1.88 bits per heavy atom. The third-order valence-electron chi connectivity index (χ3n) is 5.74. The number of nitrogens with two attached hydrogens (primary N) is 1. The number of furan rings is 1. The first kappa shape index (κ1) is 22.4. The van der Waals surface area contributed by atoms with Crippen molar-refractivity contribution in [1.82, 2.24) is 9.80 Å². The number of anilines is 3. The van der Waals surface area contributed by atoms with Gasteiger partial charge in [-0.25, -0.2) is 4.79 Å². The van der Waals surface area contributed by atoms with Gasteiger partial charge in [-0.2, -0.15) is 0 Å². The summed E-state index contributed by atoms with van der Waals surface area (Å²) in [5.41, 5.74) is 10.7. The van der Waals surface area contributed by atoms with Crippen molar-refractivity contribution in [2.45, 2.75) is 6.92 Å². The summed E-state index contributed by atoms with van der Waals surface area (Å²) in [6.45, 7) is 5.54. The molecule has 1 aliphatic heterocycles. The zero-order chi connectivity index (χ0) is 23.2. The van der Waals surface area contributed by atoms with E-state index in [1.165, 1.54) is 0 Å². The fraction of sp³-hybridized carbons (Fsp3) is 0.280. The molecule has 3 N–H and O–H groups in total. The number of benzene rings is 2. The summed E-state index contributed by atoms with van der Waals surface area (Å²) in [4.78, 5) is 28.0. The molecular weight excluding hydrogens is 420 g/mol. The van der Waals surface area contributed by atoms with Gasteiger partial charge in [0, 0.05) is 50.9 Å². The van der Waals surface area contributed by atoms with Crippen LogP contribution in [0.4, 0.5) is 17.1 Å². The van der Waals surface area contributed by atoms with Crippen LogP contribution in [0.2, 0.25) is 0 Å². The second-order valence-electron chi connectivity index (χ2n) is 8.00. The number of rotatable bonds is 7. The lowest BCUT2D eigenvalue weighted by molar-refractivity contribution is -0.130. The van der Waals surface area contributed by atoms with Crippen LogP contribution in [0.5, 0.6) is 0 Å². The molecule has 1 aliphatic rings. The maximum Gasteiger partial charge on any atom is 0.338 e. The quantitative estimate of drug-likeness (QED) is 0.421. The van der Waals surface area contributed by atoms with E-state index in [1.807, 2.05) is 35.2 Å². The van der Waals surface area contributed by atoms with Gasteiger partial charge in [0.1, 0.15) is 6.61 Å². The standard InChI is InChI=1S/C25H28N4O4/c1-18(30)29-10-8-28(9-11-29)12-14-33-25(31)20-3-2-4-22(15-20)27-24-6-5-19(16-23(24)26)21-7-13-32-17-21/h2-7,13,15-17,27H,8-12,14,26H2,1H3. The van der Waals surface area contributed by atoms with Crippen molar-refractivity contribution in [2.75, 3.05) is 50.4 Å². The lowest BCUT2D eigenvalue weighted by Gasteiger charge is -2.33. The minimum Gasteiger partial charge on any atom is -0.472 e. The summed E-state index contributed by atoms with van der Waals surface area (Å²) in [5.74, 6) is -0.269. The molecule has 8 nitrogen and oxygen atoms in total. The van der Waals surface area contributed by atoms with E-state index in [-0.39, 0.29) is 11.9 Å². The molecule has 2 aromatic carbocycles. The number of ether oxygens (including phenoxy) is 1. The number of carbonyl (C=O) groups excluding carboxylic acids is 2. The number of hydrogen-bond acceptors (Lipinski definition) is 7. The Balaban J connectivity index is 1.30. The van der Waals surface area contributed by atoms with E-state index in [4.69, 9.17) is 14.9 Å². The first-order valence-corrected chi connectivity index (χ1v) is 10.9. The van der Waals surface area contributed by atoms with Crippen molar-refractivity contribution in [3.05, 3.63) is 66.6 Å². The average Bonchev–Trinajstić information content (AvgIpc) is 3.36. The van der Waals surface area contributed by atoms with Gasteiger partial charge in [-0.05, 0) is 42.0 Å². The molecule has 0 spiro atoms. The van der Waals surface area contributed by atoms with Crippen molar-refractivity contribution >= 4 is 28.9 Å². The van der Waals surface area contributed by atoms with E-state index in [1.54, 1.807) is 37.6 Å². The van der Waals surface area contributed by atoms with Gasteiger partial charge in [-0.1, -0.05) is 12.1 Å². The molecule has 0 radical (unpaired) electrons. The lowest BCUT2D eigenvalue weighted by Crippen LogP contribution is -2.48. The number of nitrogens with one attached hydrogen (secondary N) is 1. The van der Waals surface area contributed by atoms with Crippen LogP contribution in [-0.2, 0) is 9.53 Å². The van der Waals surface area contributed by atoms with Gasteiger partial charge in [0.2, 0.25) is 5.91 Å². The average molecular weight is 449 g/mol. The molecule has 0 bridgehead atoms. The number of amides is 1. The topological polar surface area (TPSA) is 101 Å². The van der Waals surface area contributed by atoms with Crippen LogP contribution in [0.3, 0.4) is 0 Å². The predicted octanol–water partition coefficient (Wildman–Crippen LogP) is 3.59. The second-order valence-corrected chi connectivity index (χ2v) is 8.00. The second kappa shape index (κ2) is 10.2. The highest BCUT2D eigenvalue weighted by molar-refractivity contribution is 5.91. The van der Waals surface area contributed by atoms with Crippen molar-refractivity contribution in [3.63, 3.8) is 0 Å². The molecule has 2 heterocycles. The Morgan fingerprint density at radius 1 is 1.06 bits per heavy atom. The zero-order valence-electron chi connectivity index (χ0n) is 18.6. The highest BCUT2D eigenvalue weighted by Gasteiger charge is 2.18. The minimum absolute atomic E-state index is 0.102. The first-order chi connectivity index (χ1) is 16.0. The van der Waals surface area contributed by atoms with Crippen LogP contribution in [0.15, 0.2) is 65.5 Å². The fourth-order valence-corrected chi connectivity index (χ4v) is 3.80. The van der Waals surface area contributed by atoms with E-state index < -0.39 is 0 Å². The number of carbonyl (C=O) groups is 2. The van der Waals surface area contributed by atoms with Crippen LogP contribution in [0, 0.1) is 0 Å². The van der Waals surface area contributed by atoms with Crippen molar-refractivity contribution < 1.29 is 18.7 Å². The van der Waals surface area contributed by atoms with Crippen LogP contribution >= 0.6 is 0 Å². The molecular formula is C25H28N4O4.